The van der Waals surface area contributed by atoms with E-state index in [1.807, 2.05) is 0 Å². The van der Waals surface area contributed by atoms with Gasteiger partial charge in [0, 0.05) is 0 Å². The van der Waals surface area contributed by atoms with E-state index in [2.05, 4.69) is 4.74 Å². The highest BCUT2D eigenvalue weighted by atomic mass is 16.6. The van der Waals surface area contributed by atoms with Crippen molar-refractivity contribution in [1.82, 2.24) is 0 Å². The van der Waals surface area contributed by atoms with Gasteiger partial charge in [-0.1, -0.05) is 0 Å². The second-order valence-corrected chi connectivity index (χ2v) is 2.30. The lowest BCUT2D eigenvalue weighted by Crippen LogP contribution is -2.41. The van der Waals surface area contributed by atoms with Gasteiger partial charge in [0.2, 0.25) is 0 Å². The number of carbonyl (C=O) groups is 1. The molecule has 6 heteroatoms. The molecule has 0 radical (unpaired) electrons. The predicted molar refractivity (Wildman–Crippen MR) is 35.2 cm³/mol. The van der Waals surface area contributed by atoms with E-state index in [0.29, 0.717) is 0 Å². The van der Waals surface area contributed by atoms with Crippen molar-refractivity contribution in [2.24, 2.45) is 0 Å². The Morgan fingerprint density at radius 3 is 2.33 bits per heavy atom. The molecule has 0 spiro atoms. The molecule has 12 heavy (non-hydrogen) atoms. The van der Waals surface area contributed by atoms with Crippen LogP contribution in [0.1, 0.15) is 0 Å². The summed E-state index contributed by atoms with van der Waals surface area (Å²) in [5.74, 6) is -1.62. The minimum absolute atomic E-state index is 0.195. The molecule has 1 heterocycles. The Morgan fingerprint density at radius 2 is 1.83 bits per heavy atom. The molecule has 4 N–H and O–H groups in total. The van der Waals surface area contributed by atoms with Crippen LogP contribution in [0.4, 0.5) is 0 Å². The van der Waals surface area contributed by atoms with E-state index >= 15 is 0 Å². The monoisotopic (exact) mass is 176 g/mol. The van der Waals surface area contributed by atoms with Gasteiger partial charge in [-0.25, -0.2) is 0 Å². The van der Waals surface area contributed by atoms with E-state index in [9.17, 15) is 4.79 Å². The zero-order valence-corrected chi connectivity index (χ0v) is 5.91. The highest BCUT2D eigenvalue weighted by Crippen LogP contribution is 2.20. The highest BCUT2D eigenvalue weighted by molar-refractivity contribution is 5.61. The van der Waals surface area contributed by atoms with Crippen molar-refractivity contribution in [1.29, 1.82) is 0 Å². The lowest BCUT2D eigenvalue weighted by Gasteiger charge is -2.26. The van der Waals surface area contributed by atoms with E-state index < -0.39 is 30.0 Å². The smallest absolute Gasteiger partial charge is 0.189 e. The number of rotatable bonds is 1. The zero-order chi connectivity index (χ0) is 9.30. The maximum Gasteiger partial charge on any atom is 0.189 e. The van der Waals surface area contributed by atoms with E-state index in [1.165, 1.54) is 0 Å². The molecule has 1 rings (SSSR count). The van der Waals surface area contributed by atoms with Crippen LogP contribution in [-0.2, 0) is 9.53 Å². The molecule has 68 valence electrons. The van der Waals surface area contributed by atoms with E-state index in [0.717, 1.165) is 0 Å². The standard InChI is InChI=1S/C6H8O6/c7-1-2-3(8)4(9)5(10)6(11)12-2/h1-2,5-6,8-11H/t2-,5-,6+/m1/s1. The van der Waals surface area contributed by atoms with Crippen molar-refractivity contribution in [3.05, 3.63) is 11.5 Å². The second-order valence-electron chi connectivity index (χ2n) is 2.30. The molecule has 0 unspecified atom stereocenters. The molecule has 0 amide bonds. The number of hydrogen-bond donors (Lipinski definition) is 4. The molecule has 3 atom stereocenters. The largest absolute Gasteiger partial charge is 0.506 e. The zero-order valence-electron chi connectivity index (χ0n) is 5.91. The average molecular weight is 176 g/mol. The topological polar surface area (TPSA) is 107 Å². The van der Waals surface area contributed by atoms with Crippen LogP contribution in [0.5, 0.6) is 0 Å². The molecular formula is C6H8O6. The predicted octanol–water partition coefficient (Wildman–Crippen LogP) is -1.41. The highest BCUT2D eigenvalue weighted by Gasteiger charge is 2.35. The summed E-state index contributed by atoms with van der Waals surface area (Å²) in [7, 11) is 0. The normalized spacial score (nSPS) is 36.7. The molecule has 0 saturated heterocycles. The number of aliphatic hydroxyl groups is 4. The van der Waals surface area contributed by atoms with Crippen molar-refractivity contribution in [3.8, 4) is 0 Å². The van der Waals surface area contributed by atoms with Crippen LogP contribution in [0.3, 0.4) is 0 Å². The summed E-state index contributed by atoms with van der Waals surface area (Å²) in [5.41, 5.74) is 0. The van der Waals surface area contributed by atoms with E-state index in [1.54, 1.807) is 0 Å². The molecule has 0 bridgehead atoms. The Morgan fingerprint density at radius 1 is 1.25 bits per heavy atom. The molecule has 0 aliphatic carbocycles. The van der Waals surface area contributed by atoms with Gasteiger partial charge in [0.15, 0.2) is 36.3 Å². The SMILES string of the molecule is O=C[C@H]1O[C@H](O)[C@H](O)C(O)=C1O. The van der Waals surface area contributed by atoms with Gasteiger partial charge in [-0.3, -0.25) is 4.79 Å². The fourth-order valence-corrected chi connectivity index (χ4v) is 0.818. The third-order valence-corrected chi connectivity index (χ3v) is 1.49. The van der Waals surface area contributed by atoms with Crippen molar-refractivity contribution in [2.75, 3.05) is 0 Å². The first-order valence-corrected chi connectivity index (χ1v) is 3.16. The third-order valence-electron chi connectivity index (χ3n) is 1.49. The first-order chi connectivity index (χ1) is 5.57. The van der Waals surface area contributed by atoms with Gasteiger partial charge in [0.25, 0.3) is 0 Å². The van der Waals surface area contributed by atoms with Gasteiger partial charge in [-0.2, -0.15) is 0 Å². The number of hydrogen-bond acceptors (Lipinski definition) is 6. The summed E-state index contributed by atoms with van der Waals surface area (Å²) in [6.07, 6.45) is -4.62. The number of aldehydes is 1. The van der Waals surface area contributed by atoms with Gasteiger partial charge in [-0.05, 0) is 0 Å². The minimum atomic E-state index is -1.71. The summed E-state index contributed by atoms with van der Waals surface area (Å²) in [4.78, 5) is 10.1. The second kappa shape index (κ2) is 3.10. The van der Waals surface area contributed by atoms with E-state index in [4.69, 9.17) is 20.4 Å². The molecule has 0 aromatic heterocycles. The van der Waals surface area contributed by atoms with Gasteiger partial charge in [0.05, 0.1) is 0 Å². The van der Waals surface area contributed by atoms with Crippen LogP contribution in [0.15, 0.2) is 11.5 Å². The minimum Gasteiger partial charge on any atom is -0.506 e. The first-order valence-electron chi connectivity index (χ1n) is 3.16. The third kappa shape index (κ3) is 1.27. The Hall–Kier alpha value is -1.11. The summed E-state index contributed by atoms with van der Waals surface area (Å²) < 4.78 is 4.40. The molecule has 1 aliphatic rings. The maximum atomic E-state index is 10.1. The van der Waals surface area contributed by atoms with Crippen LogP contribution >= 0.6 is 0 Å². The van der Waals surface area contributed by atoms with Crippen LogP contribution in [0, 0.1) is 0 Å². The molecule has 0 saturated carbocycles. The molecular weight excluding hydrogens is 168 g/mol. The van der Waals surface area contributed by atoms with E-state index in [-0.39, 0.29) is 6.29 Å². The molecule has 0 fully saturated rings. The summed E-state index contributed by atoms with van der Waals surface area (Å²) in [6.45, 7) is 0. The van der Waals surface area contributed by atoms with Gasteiger partial charge in [0.1, 0.15) is 0 Å². The van der Waals surface area contributed by atoms with Crippen LogP contribution < -0.4 is 0 Å². The Kier molecular flexibility index (Phi) is 2.32. The summed E-state index contributed by atoms with van der Waals surface area (Å²) >= 11 is 0. The Balaban J connectivity index is 2.94. The fourth-order valence-electron chi connectivity index (χ4n) is 0.818. The first kappa shape index (κ1) is 8.98. The van der Waals surface area contributed by atoms with Crippen molar-refractivity contribution in [2.45, 2.75) is 18.5 Å². The Bertz CT molecular complexity index is 222. The van der Waals surface area contributed by atoms with Gasteiger partial charge < -0.3 is 25.2 Å². The lowest BCUT2D eigenvalue weighted by molar-refractivity contribution is -0.195. The quantitative estimate of drug-likeness (QED) is 0.366. The number of ether oxygens (including phenoxy) is 1. The maximum absolute atomic E-state index is 10.1. The van der Waals surface area contributed by atoms with Crippen molar-refractivity contribution >= 4 is 6.29 Å². The van der Waals surface area contributed by atoms with Crippen LogP contribution in [0.25, 0.3) is 0 Å². The molecule has 1 aliphatic heterocycles. The van der Waals surface area contributed by atoms with Crippen LogP contribution in [-0.4, -0.2) is 45.2 Å². The summed E-state index contributed by atoms with van der Waals surface area (Å²) in [5, 5.41) is 35.5. The number of carbonyl (C=O) groups excluding carboxylic acids is 1. The van der Waals surface area contributed by atoms with Crippen molar-refractivity contribution in [3.63, 3.8) is 0 Å². The average Bonchev–Trinajstić information content (AvgIpc) is 2.08. The molecule has 6 nitrogen and oxygen atoms in total. The fraction of sp³-hybridized carbons (Fsp3) is 0.500. The van der Waals surface area contributed by atoms with Gasteiger partial charge >= 0.3 is 0 Å². The molecule has 0 aromatic rings. The Labute approximate surface area is 67.3 Å². The number of aliphatic hydroxyl groups excluding tert-OH is 4. The van der Waals surface area contributed by atoms with Crippen molar-refractivity contribution < 1.29 is 30.0 Å². The molecule has 0 aromatic carbocycles. The summed E-state index contributed by atoms with van der Waals surface area (Å²) in [6, 6.07) is 0. The van der Waals surface area contributed by atoms with Crippen LogP contribution in [0.2, 0.25) is 0 Å². The lowest BCUT2D eigenvalue weighted by atomic mass is 10.1. The van der Waals surface area contributed by atoms with Gasteiger partial charge in [-0.15, -0.1) is 0 Å².